The lowest BCUT2D eigenvalue weighted by Crippen LogP contribution is -2.53. The number of likely N-dealkylation sites (N-methyl/N-ethyl adjacent to an activating group) is 1. The highest BCUT2D eigenvalue weighted by Gasteiger charge is 2.41. The molecule has 2 aliphatic heterocycles. The predicted molar refractivity (Wildman–Crippen MR) is 102 cm³/mol. The highest BCUT2D eigenvalue weighted by atomic mass is 19.3. The van der Waals surface area contributed by atoms with Crippen molar-refractivity contribution in [1.29, 1.82) is 0 Å². The van der Waals surface area contributed by atoms with E-state index < -0.39 is 5.92 Å². The number of rotatable bonds is 5. The van der Waals surface area contributed by atoms with E-state index in [1.807, 2.05) is 31.1 Å². The third-order valence-corrected chi connectivity index (χ3v) is 5.78. The minimum absolute atomic E-state index is 0.0334. The minimum atomic E-state index is -2.57. The predicted octanol–water partition coefficient (Wildman–Crippen LogP) is 2.19. The van der Waals surface area contributed by atoms with Gasteiger partial charge in [-0.2, -0.15) is 5.10 Å². The third kappa shape index (κ3) is 3.97. The molecule has 2 fully saturated rings. The van der Waals surface area contributed by atoms with Crippen molar-refractivity contribution in [3.63, 3.8) is 0 Å². The molecule has 0 spiro atoms. The first-order chi connectivity index (χ1) is 13.3. The van der Waals surface area contributed by atoms with Gasteiger partial charge in [0, 0.05) is 38.5 Å². The maximum atomic E-state index is 13.9. The van der Waals surface area contributed by atoms with Crippen molar-refractivity contribution in [1.82, 2.24) is 24.4 Å². The van der Waals surface area contributed by atoms with Gasteiger partial charge in [-0.15, -0.1) is 0 Å². The van der Waals surface area contributed by atoms with Gasteiger partial charge in [-0.25, -0.2) is 18.3 Å². The minimum Gasteiger partial charge on any atom is -0.382 e. The first-order valence-electron chi connectivity index (χ1n) is 9.82. The lowest BCUT2D eigenvalue weighted by atomic mass is 9.97. The second-order valence-corrected chi connectivity index (χ2v) is 8.25. The van der Waals surface area contributed by atoms with Crippen LogP contribution in [0.15, 0.2) is 18.5 Å². The molecule has 4 heterocycles. The van der Waals surface area contributed by atoms with Gasteiger partial charge in [-0.1, -0.05) is 0 Å². The molecular weight excluding hydrogens is 366 g/mol. The molecule has 0 aliphatic carbocycles. The molecule has 2 aliphatic rings. The molecule has 0 radical (unpaired) electrons. The zero-order valence-electron chi connectivity index (χ0n) is 16.4. The zero-order valence-corrected chi connectivity index (χ0v) is 16.4. The van der Waals surface area contributed by atoms with Crippen LogP contribution in [0, 0.1) is 0 Å². The van der Waals surface area contributed by atoms with Crippen LogP contribution in [-0.4, -0.2) is 76.2 Å². The van der Waals surface area contributed by atoms with Crippen molar-refractivity contribution in [3.8, 4) is 0 Å². The number of alkyl halides is 2. The van der Waals surface area contributed by atoms with Crippen LogP contribution in [0.4, 0.5) is 14.6 Å². The fraction of sp³-hybridized carbons (Fsp3) is 0.684. The average Bonchev–Trinajstić information content (AvgIpc) is 3.23. The van der Waals surface area contributed by atoms with E-state index in [0.29, 0.717) is 25.5 Å². The SMILES string of the molecule is CN(C)C[C@@H]1CC(F)(F)CCN1C[C@@H]1CC[C@H](c2ccc3c(N)ncnn23)O1. The second kappa shape index (κ2) is 7.53. The Kier molecular flexibility index (Phi) is 5.24. The summed E-state index contributed by atoms with van der Waals surface area (Å²) in [6.45, 7) is 1.73. The molecule has 154 valence electrons. The summed E-state index contributed by atoms with van der Waals surface area (Å²) in [6.07, 6.45) is 3.03. The normalized spacial score (nSPS) is 28.4. The lowest BCUT2D eigenvalue weighted by molar-refractivity contribution is -0.0922. The Morgan fingerprint density at radius 2 is 2.14 bits per heavy atom. The Bertz CT molecular complexity index is 826. The van der Waals surface area contributed by atoms with Gasteiger partial charge in [0.15, 0.2) is 5.82 Å². The van der Waals surface area contributed by atoms with E-state index in [1.54, 1.807) is 4.52 Å². The van der Waals surface area contributed by atoms with Gasteiger partial charge in [0.2, 0.25) is 0 Å². The molecule has 3 atom stereocenters. The molecule has 0 unspecified atom stereocenters. The van der Waals surface area contributed by atoms with Gasteiger partial charge >= 0.3 is 0 Å². The number of nitrogens with two attached hydrogens (primary N) is 1. The first-order valence-corrected chi connectivity index (χ1v) is 9.82. The van der Waals surface area contributed by atoms with E-state index in [4.69, 9.17) is 10.5 Å². The molecule has 2 saturated heterocycles. The number of halogens is 2. The van der Waals surface area contributed by atoms with Crippen molar-refractivity contribution >= 4 is 11.3 Å². The van der Waals surface area contributed by atoms with Gasteiger partial charge in [-0.05, 0) is 39.1 Å². The maximum Gasteiger partial charge on any atom is 0.250 e. The standard InChI is InChI=1S/C19H28F2N6O/c1-25(2)10-13-9-19(20,21)7-8-26(13)11-14-3-6-17(28-14)15-4-5-16-18(22)23-12-24-27(15)16/h4-5,12-14,17H,3,6-11H2,1-2H3,(H2,22,23,24)/t13-,14-,17+/m0/s1. The summed E-state index contributed by atoms with van der Waals surface area (Å²) >= 11 is 0. The molecule has 2 aromatic rings. The van der Waals surface area contributed by atoms with Gasteiger partial charge in [0.1, 0.15) is 17.9 Å². The summed E-state index contributed by atoms with van der Waals surface area (Å²) in [6, 6.07) is 3.73. The molecule has 28 heavy (non-hydrogen) atoms. The number of hydrogen-bond donors (Lipinski definition) is 1. The number of fused-ring (bicyclic) bond motifs is 1. The van der Waals surface area contributed by atoms with Crippen molar-refractivity contribution in [2.75, 3.05) is 39.5 Å². The van der Waals surface area contributed by atoms with Crippen LogP contribution < -0.4 is 5.73 Å². The fourth-order valence-corrected chi connectivity index (χ4v) is 4.44. The number of anilines is 1. The van der Waals surface area contributed by atoms with Crippen LogP contribution in [0.5, 0.6) is 0 Å². The number of ether oxygens (including phenoxy) is 1. The van der Waals surface area contributed by atoms with E-state index >= 15 is 0 Å². The number of aromatic nitrogens is 3. The van der Waals surface area contributed by atoms with Crippen LogP contribution in [-0.2, 0) is 4.74 Å². The molecule has 4 rings (SSSR count). The van der Waals surface area contributed by atoms with Gasteiger partial charge in [-0.3, -0.25) is 4.90 Å². The van der Waals surface area contributed by atoms with Gasteiger partial charge < -0.3 is 15.4 Å². The molecule has 0 amide bonds. The van der Waals surface area contributed by atoms with Crippen molar-refractivity contribution in [2.24, 2.45) is 0 Å². The largest absolute Gasteiger partial charge is 0.382 e. The number of nitrogen functional groups attached to an aromatic ring is 1. The highest BCUT2D eigenvalue weighted by Crippen LogP contribution is 2.36. The first kappa shape index (κ1) is 19.5. The topological polar surface area (TPSA) is 71.9 Å². The highest BCUT2D eigenvalue weighted by molar-refractivity contribution is 5.65. The quantitative estimate of drug-likeness (QED) is 0.838. The smallest absolute Gasteiger partial charge is 0.250 e. The van der Waals surface area contributed by atoms with Crippen LogP contribution >= 0.6 is 0 Å². The molecule has 2 N–H and O–H groups in total. The molecule has 2 aromatic heterocycles. The Morgan fingerprint density at radius 3 is 2.93 bits per heavy atom. The zero-order chi connectivity index (χ0) is 19.9. The molecule has 0 aromatic carbocycles. The molecule has 0 bridgehead atoms. The lowest BCUT2D eigenvalue weighted by Gasteiger charge is -2.41. The van der Waals surface area contributed by atoms with E-state index in [-0.39, 0.29) is 31.1 Å². The van der Waals surface area contributed by atoms with E-state index in [9.17, 15) is 8.78 Å². The number of likely N-dealkylation sites (tertiary alicyclic amines) is 1. The molecule has 7 nitrogen and oxygen atoms in total. The summed E-state index contributed by atoms with van der Waals surface area (Å²) in [5.74, 6) is -2.13. The number of nitrogens with zero attached hydrogens (tertiary/aromatic N) is 5. The number of piperidine rings is 1. The third-order valence-electron chi connectivity index (χ3n) is 5.78. The van der Waals surface area contributed by atoms with Crippen molar-refractivity contribution in [3.05, 3.63) is 24.2 Å². The Labute approximate surface area is 163 Å². The summed E-state index contributed by atoms with van der Waals surface area (Å²) in [5, 5.41) is 4.29. The Morgan fingerprint density at radius 1 is 1.32 bits per heavy atom. The molecular formula is C19H28F2N6O. The summed E-state index contributed by atoms with van der Waals surface area (Å²) in [5.41, 5.74) is 7.64. The Hall–Kier alpha value is -1.84. The summed E-state index contributed by atoms with van der Waals surface area (Å²) in [4.78, 5) is 8.18. The summed E-state index contributed by atoms with van der Waals surface area (Å²) in [7, 11) is 3.86. The Balaban J connectivity index is 1.43. The van der Waals surface area contributed by atoms with Crippen LogP contribution in [0.2, 0.25) is 0 Å². The molecule has 9 heteroatoms. The van der Waals surface area contributed by atoms with E-state index in [0.717, 1.165) is 24.1 Å². The monoisotopic (exact) mass is 394 g/mol. The van der Waals surface area contributed by atoms with Crippen LogP contribution in [0.1, 0.15) is 37.5 Å². The fourth-order valence-electron chi connectivity index (χ4n) is 4.44. The van der Waals surface area contributed by atoms with Gasteiger partial charge in [0.05, 0.1) is 11.8 Å². The number of hydrogen-bond acceptors (Lipinski definition) is 6. The van der Waals surface area contributed by atoms with Crippen molar-refractivity contribution in [2.45, 2.75) is 49.9 Å². The van der Waals surface area contributed by atoms with E-state index in [1.165, 1.54) is 6.33 Å². The van der Waals surface area contributed by atoms with E-state index in [2.05, 4.69) is 15.0 Å². The maximum absolute atomic E-state index is 13.9. The average molecular weight is 394 g/mol. The van der Waals surface area contributed by atoms with Gasteiger partial charge in [0.25, 0.3) is 5.92 Å². The van der Waals surface area contributed by atoms with Crippen LogP contribution in [0.25, 0.3) is 5.52 Å². The van der Waals surface area contributed by atoms with Crippen LogP contribution in [0.3, 0.4) is 0 Å². The molecule has 0 saturated carbocycles. The summed E-state index contributed by atoms with van der Waals surface area (Å²) < 4.78 is 35.9. The second-order valence-electron chi connectivity index (χ2n) is 8.25. The van der Waals surface area contributed by atoms with Crippen molar-refractivity contribution < 1.29 is 13.5 Å².